The Morgan fingerprint density at radius 1 is 1.07 bits per heavy atom. The topological polar surface area (TPSA) is 102 Å². The van der Waals surface area contributed by atoms with Gasteiger partial charge in [0.1, 0.15) is 17.2 Å². The van der Waals surface area contributed by atoms with Crippen LogP contribution < -0.4 is 5.32 Å². The first kappa shape index (κ1) is 23.4. The first-order valence-electron chi connectivity index (χ1n) is 9.02. The molecule has 8 heteroatoms. The molecular weight excluding hydrogens is 364 g/mol. The van der Waals surface area contributed by atoms with E-state index < -0.39 is 46.7 Å². The molecular formula is C20H30N2O6. The molecule has 1 fully saturated rings. The van der Waals surface area contributed by atoms with Crippen LogP contribution >= 0.6 is 0 Å². The van der Waals surface area contributed by atoms with E-state index >= 15 is 0 Å². The minimum Gasteiger partial charge on any atom is -0.444 e. The van der Waals surface area contributed by atoms with Gasteiger partial charge in [-0.15, -0.1) is 13.2 Å². The molecule has 2 atom stereocenters. The fourth-order valence-corrected chi connectivity index (χ4v) is 2.79. The highest BCUT2D eigenvalue weighted by Gasteiger charge is 2.62. The molecule has 0 saturated carbocycles. The summed E-state index contributed by atoms with van der Waals surface area (Å²) in [6.45, 7) is 17.0. The number of alkyl carbamates (subject to hydrolysis) is 1. The number of carbonyl (C=O) groups excluding carboxylic acids is 4. The van der Waals surface area contributed by atoms with E-state index in [0.717, 1.165) is 4.90 Å². The Balaban J connectivity index is 3.36. The Labute approximate surface area is 165 Å². The first-order valence-corrected chi connectivity index (χ1v) is 9.02. The van der Waals surface area contributed by atoms with E-state index in [1.165, 1.54) is 12.2 Å². The third-order valence-electron chi connectivity index (χ3n) is 3.76. The summed E-state index contributed by atoms with van der Waals surface area (Å²) in [5, 5.41) is 2.37. The SMILES string of the molecule is C=CC[C@H]1C(=O)[C@](CC=C)(NC(=O)OC(C)(C)C)C(=O)N1C(=O)OC(C)(C)C. The van der Waals surface area contributed by atoms with Gasteiger partial charge in [0.05, 0.1) is 0 Å². The summed E-state index contributed by atoms with van der Waals surface area (Å²) in [6, 6.07) is -1.14. The van der Waals surface area contributed by atoms with Crippen LogP contribution in [-0.4, -0.2) is 51.6 Å². The van der Waals surface area contributed by atoms with E-state index in [2.05, 4.69) is 18.5 Å². The third kappa shape index (κ3) is 5.21. The van der Waals surface area contributed by atoms with Crippen LogP contribution in [0.15, 0.2) is 25.3 Å². The molecule has 0 bridgehead atoms. The second-order valence-electron chi connectivity index (χ2n) is 8.58. The van der Waals surface area contributed by atoms with Crippen molar-refractivity contribution in [3.8, 4) is 0 Å². The predicted octanol–water partition coefficient (Wildman–Crippen LogP) is 3.12. The lowest BCUT2D eigenvalue weighted by Gasteiger charge is -2.28. The van der Waals surface area contributed by atoms with Crippen molar-refractivity contribution >= 4 is 23.9 Å². The van der Waals surface area contributed by atoms with Crippen LogP contribution in [0.3, 0.4) is 0 Å². The Bertz CT molecular complexity index is 686. The number of ketones is 1. The Morgan fingerprint density at radius 2 is 1.61 bits per heavy atom. The van der Waals surface area contributed by atoms with Crippen molar-refractivity contribution in [1.82, 2.24) is 10.2 Å². The summed E-state index contributed by atoms with van der Waals surface area (Å²) in [4.78, 5) is 52.1. The summed E-state index contributed by atoms with van der Waals surface area (Å²) >= 11 is 0. The zero-order valence-corrected chi connectivity index (χ0v) is 17.5. The molecule has 1 rings (SSSR count). The molecule has 0 aliphatic carbocycles. The van der Waals surface area contributed by atoms with Crippen LogP contribution in [0, 0.1) is 0 Å². The molecule has 0 aromatic rings. The van der Waals surface area contributed by atoms with Crippen LogP contribution in [0.5, 0.6) is 0 Å². The summed E-state index contributed by atoms with van der Waals surface area (Å²) in [5.74, 6) is -1.53. The molecule has 0 radical (unpaired) electrons. The number of hydrogen-bond acceptors (Lipinski definition) is 6. The van der Waals surface area contributed by atoms with Gasteiger partial charge in [0.2, 0.25) is 0 Å². The lowest BCUT2D eigenvalue weighted by Crippen LogP contribution is -2.59. The third-order valence-corrected chi connectivity index (χ3v) is 3.76. The molecule has 0 aromatic carbocycles. The van der Waals surface area contributed by atoms with Gasteiger partial charge >= 0.3 is 12.2 Å². The second kappa shape index (κ2) is 8.16. The van der Waals surface area contributed by atoms with Gasteiger partial charge in [0, 0.05) is 6.42 Å². The number of ether oxygens (including phenoxy) is 2. The highest BCUT2D eigenvalue weighted by Crippen LogP contribution is 2.32. The van der Waals surface area contributed by atoms with Gasteiger partial charge in [-0.2, -0.15) is 0 Å². The van der Waals surface area contributed by atoms with Gasteiger partial charge in [-0.05, 0) is 48.0 Å². The number of imide groups is 1. The summed E-state index contributed by atoms with van der Waals surface area (Å²) in [5.41, 5.74) is -3.70. The zero-order chi connectivity index (χ0) is 21.9. The van der Waals surface area contributed by atoms with Crippen LogP contribution in [0.25, 0.3) is 0 Å². The zero-order valence-electron chi connectivity index (χ0n) is 17.5. The number of rotatable bonds is 5. The van der Waals surface area contributed by atoms with E-state index in [4.69, 9.17) is 9.47 Å². The van der Waals surface area contributed by atoms with Crippen molar-refractivity contribution in [3.05, 3.63) is 25.3 Å². The van der Waals surface area contributed by atoms with E-state index in [1.54, 1.807) is 41.5 Å². The maximum absolute atomic E-state index is 13.2. The molecule has 1 heterocycles. The predicted molar refractivity (Wildman–Crippen MR) is 104 cm³/mol. The van der Waals surface area contributed by atoms with Crippen molar-refractivity contribution < 1.29 is 28.7 Å². The number of Topliss-reactive ketones (excluding diaryl/α,β-unsaturated/α-hetero) is 1. The van der Waals surface area contributed by atoms with E-state index in [9.17, 15) is 19.2 Å². The standard InChI is InChI=1S/C20H30N2O6/c1-9-11-13-14(23)20(12-10-2,21-16(25)27-18(3,4)5)15(24)22(13)17(26)28-19(6,7)8/h9-10,13H,1-2,11-12H2,3-8H3,(H,21,25)/t13-,20-/m0/s1. The van der Waals surface area contributed by atoms with Gasteiger partial charge in [0.25, 0.3) is 5.91 Å². The smallest absolute Gasteiger partial charge is 0.417 e. The number of nitrogens with one attached hydrogen (secondary N) is 1. The molecule has 0 spiro atoms. The molecule has 3 amide bonds. The van der Waals surface area contributed by atoms with Crippen molar-refractivity contribution in [2.75, 3.05) is 0 Å². The van der Waals surface area contributed by atoms with E-state index in [-0.39, 0.29) is 12.8 Å². The Kier molecular flexibility index (Phi) is 6.82. The van der Waals surface area contributed by atoms with Crippen LogP contribution in [-0.2, 0) is 19.1 Å². The summed E-state index contributed by atoms with van der Waals surface area (Å²) in [7, 11) is 0. The summed E-state index contributed by atoms with van der Waals surface area (Å²) < 4.78 is 10.5. The molecule has 1 aliphatic rings. The number of nitrogens with zero attached hydrogens (tertiary/aromatic N) is 1. The van der Waals surface area contributed by atoms with Crippen LogP contribution in [0.2, 0.25) is 0 Å². The fourth-order valence-electron chi connectivity index (χ4n) is 2.79. The maximum atomic E-state index is 13.2. The second-order valence-corrected chi connectivity index (χ2v) is 8.58. The van der Waals surface area contributed by atoms with Crippen molar-refractivity contribution in [3.63, 3.8) is 0 Å². The van der Waals surface area contributed by atoms with Crippen LogP contribution in [0.1, 0.15) is 54.4 Å². The van der Waals surface area contributed by atoms with Gasteiger partial charge in [-0.1, -0.05) is 12.2 Å². The average Bonchev–Trinajstić information content (AvgIpc) is 2.67. The molecule has 156 valence electrons. The monoisotopic (exact) mass is 394 g/mol. The number of amides is 3. The first-order chi connectivity index (χ1) is 12.7. The average molecular weight is 394 g/mol. The minimum absolute atomic E-state index is 0.0265. The number of hydrogen-bond donors (Lipinski definition) is 1. The molecule has 1 aliphatic heterocycles. The van der Waals surface area contributed by atoms with Gasteiger partial charge in [-0.3, -0.25) is 14.9 Å². The number of carbonyl (C=O) groups is 4. The Hall–Kier alpha value is -2.64. The van der Waals surface area contributed by atoms with E-state index in [1.807, 2.05) is 0 Å². The van der Waals surface area contributed by atoms with E-state index in [0.29, 0.717) is 0 Å². The lowest BCUT2D eigenvalue weighted by atomic mass is 9.89. The molecule has 8 nitrogen and oxygen atoms in total. The Morgan fingerprint density at radius 3 is 2.04 bits per heavy atom. The van der Waals surface area contributed by atoms with Crippen LogP contribution in [0.4, 0.5) is 9.59 Å². The quantitative estimate of drug-likeness (QED) is 0.568. The van der Waals surface area contributed by atoms with Gasteiger partial charge in [0.15, 0.2) is 11.3 Å². The molecule has 1 saturated heterocycles. The highest BCUT2D eigenvalue weighted by atomic mass is 16.6. The normalized spacial score (nSPS) is 22.6. The lowest BCUT2D eigenvalue weighted by molar-refractivity contribution is -0.134. The largest absolute Gasteiger partial charge is 0.444 e. The fraction of sp³-hybridized carbons (Fsp3) is 0.600. The molecule has 28 heavy (non-hydrogen) atoms. The van der Waals surface area contributed by atoms with Gasteiger partial charge < -0.3 is 9.47 Å². The van der Waals surface area contributed by atoms with Gasteiger partial charge in [-0.25, -0.2) is 14.5 Å². The highest BCUT2D eigenvalue weighted by molar-refractivity contribution is 6.24. The van der Waals surface area contributed by atoms with Crippen molar-refractivity contribution in [2.24, 2.45) is 0 Å². The molecule has 0 aromatic heterocycles. The molecule has 1 N–H and O–H groups in total. The summed E-state index contributed by atoms with van der Waals surface area (Å²) in [6.07, 6.45) is 0.672. The number of likely N-dealkylation sites (tertiary alicyclic amines) is 1. The maximum Gasteiger partial charge on any atom is 0.417 e. The minimum atomic E-state index is -1.99. The van der Waals surface area contributed by atoms with Crippen molar-refractivity contribution in [2.45, 2.75) is 77.2 Å². The van der Waals surface area contributed by atoms with Crippen molar-refractivity contribution in [1.29, 1.82) is 0 Å². The molecule has 0 unspecified atom stereocenters.